The lowest BCUT2D eigenvalue weighted by Gasteiger charge is -2.04. The summed E-state index contributed by atoms with van der Waals surface area (Å²) < 4.78 is 0. The van der Waals surface area contributed by atoms with Gasteiger partial charge in [-0.1, -0.05) is 12.1 Å². The Bertz CT molecular complexity index is 863. The number of thiazole rings is 1. The third kappa shape index (κ3) is 3.38. The quantitative estimate of drug-likeness (QED) is 0.761. The van der Waals surface area contributed by atoms with Crippen LogP contribution in [0.2, 0.25) is 0 Å². The normalized spacial score (nSPS) is 10.3. The average Bonchev–Trinajstić information content (AvgIpc) is 3.04. The molecule has 0 aliphatic heterocycles. The van der Waals surface area contributed by atoms with E-state index >= 15 is 0 Å². The standard InChI is InChI=1S/C15H11N5O2S/c16-13(21)12-8-23-15(19-12)20-14(22)11-6-3-5-10(18-11)9-4-1-2-7-17-9/h1-8H,(H2,16,21)(H,19,20,22). The van der Waals surface area contributed by atoms with Gasteiger partial charge in [-0.3, -0.25) is 19.9 Å². The molecule has 0 bridgehead atoms. The number of rotatable bonds is 4. The molecular weight excluding hydrogens is 314 g/mol. The van der Waals surface area contributed by atoms with Gasteiger partial charge in [0.25, 0.3) is 11.8 Å². The molecule has 0 aromatic carbocycles. The third-order valence-electron chi connectivity index (χ3n) is 2.89. The van der Waals surface area contributed by atoms with Gasteiger partial charge in [0.05, 0.1) is 11.4 Å². The second-order valence-corrected chi connectivity index (χ2v) is 5.34. The van der Waals surface area contributed by atoms with E-state index in [-0.39, 0.29) is 16.5 Å². The van der Waals surface area contributed by atoms with Crippen molar-refractivity contribution in [1.29, 1.82) is 0 Å². The Morgan fingerprint density at radius 3 is 2.52 bits per heavy atom. The lowest BCUT2D eigenvalue weighted by molar-refractivity contribution is 0.0991. The lowest BCUT2D eigenvalue weighted by atomic mass is 10.2. The molecule has 3 rings (SSSR count). The van der Waals surface area contributed by atoms with Crippen molar-refractivity contribution in [2.45, 2.75) is 0 Å². The van der Waals surface area contributed by atoms with Crippen LogP contribution in [-0.2, 0) is 0 Å². The lowest BCUT2D eigenvalue weighted by Crippen LogP contribution is -2.15. The topological polar surface area (TPSA) is 111 Å². The molecule has 0 radical (unpaired) electrons. The minimum absolute atomic E-state index is 0.112. The molecule has 0 fully saturated rings. The van der Waals surface area contributed by atoms with Crippen molar-refractivity contribution in [3.8, 4) is 11.4 Å². The molecule has 0 spiro atoms. The van der Waals surface area contributed by atoms with Gasteiger partial charge in [0.1, 0.15) is 11.4 Å². The van der Waals surface area contributed by atoms with E-state index < -0.39 is 11.8 Å². The second kappa shape index (κ2) is 6.32. The zero-order chi connectivity index (χ0) is 16.2. The highest BCUT2D eigenvalue weighted by Crippen LogP contribution is 2.17. The third-order valence-corrected chi connectivity index (χ3v) is 3.64. The van der Waals surface area contributed by atoms with Gasteiger partial charge in [-0.05, 0) is 24.3 Å². The molecule has 8 heteroatoms. The monoisotopic (exact) mass is 325 g/mol. The van der Waals surface area contributed by atoms with Crippen LogP contribution in [0.1, 0.15) is 21.0 Å². The highest BCUT2D eigenvalue weighted by molar-refractivity contribution is 7.14. The van der Waals surface area contributed by atoms with E-state index in [1.807, 2.05) is 12.1 Å². The molecule has 3 aromatic heterocycles. The molecule has 3 N–H and O–H groups in total. The zero-order valence-corrected chi connectivity index (χ0v) is 12.6. The summed E-state index contributed by atoms with van der Waals surface area (Å²) in [6.07, 6.45) is 1.66. The molecule has 7 nitrogen and oxygen atoms in total. The first-order chi connectivity index (χ1) is 11.1. The van der Waals surface area contributed by atoms with Crippen molar-refractivity contribution in [2.24, 2.45) is 5.73 Å². The molecule has 0 saturated heterocycles. The summed E-state index contributed by atoms with van der Waals surface area (Å²) in [6, 6.07) is 10.5. The Morgan fingerprint density at radius 1 is 1.00 bits per heavy atom. The van der Waals surface area contributed by atoms with E-state index in [2.05, 4.69) is 20.3 Å². The number of hydrogen-bond acceptors (Lipinski definition) is 6. The first-order valence-electron chi connectivity index (χ1n) is 6.58. The van der Waals surface area contributed by atoms with E-state index in [0.717, 1.165) is 11.3 Å². The van der Waals surface area contributed by atoms with E-state index in [1.54, 1.807) is 30.5 Å². The van der Waals surface area contributed by atoms with E-state index in [9.17, 15) is 9.59 Å². The fourth-order valence-corrected chi connectivity index (χ4v) is 2.52. The Labute approximate surface area is 135 Å². The van der Waals surface area contributed by atoms with Gasteiger partial charge in [-0.15, -0.1) is 11.3 Å². The summed E-state index contributed by atoms with van der Waals surface area (Å²) in [5.74, 6) is -1.06. The Balaban J connectivity index is 1.81. The van der Waals surface area contributed by atoms with Crippen LogP contribution in [-0.4, -0.2) is 26.8 Å². The Morgan fingerprint density at radius 2 is 1.83 bits per heavy atom. The number of hydrogen-bond donors (Lipinski definition) is 2. The van der Waals surface area contributed by atoms with Crippen molar-refractivity contribution in [3.63, 3.8) is 0 Å². The van der Waals surface area contributed by atoms with Crippen molar-refractivity contribution >= 4 is 28.3 Å². The fourth-order valence-electron chi connectivity index (χ4n) is 1.82. The number of carbonyl (C=O) groups is 2. The largest absolute Gasteiger partial charge is 0.364 e. The van der Waals surface area contributed by atoms with Crippen molar-refractivity contribution < 1.29 is 9.59 Å². The van der Waals surface area contributed by atoms with E-state index in [1.165, 1.54) is 5.38 Å². The molecule has 0 aliphatic carbocycles. The van der Waals surface area contributed by atoms with Gasteiger partial charge in [0.2, 0.25) is 0 Å². The minimum atomic E-state index is -0.642. The van der Waals surface area contributed by atoms with E-state index in [4.69, 9.17) is 5.73 Å². The SMILES string of the molecule is NC(=O)c1csc(NC(=O)c2cccc(-c3ccccn3)n2)n1. The van der Waals surface area contributed by atoms with Gasteiger partial charge < -0.3 is 5.73 Å². The highest BCUT2D eigenvalue weighted by Gasteiger charge is 2.13. The Kier molecular flexibility index (Phi) is 4.07. The van der Waals surface area contributed by atoms with Crippen LogP contribution in [0.4, 0.5) is 5.13 Å². The Hall–Kier alpha value is -3.13. The number of anilines is 1. The van der Waals surface area contributed by atoms with Crippen molar-refractivity contribution in [1.82, 2.24) is 15.0 Å². The number of primary amides is 1. The van der Waals surface area contributed by atoms with Crippen LogP contribution < -0.4 is 11.1 Å². The smallest absolute Gasteiger partial charge is 0.276 e. The molecule has 2 amide bonds. The predicted octanol–water partition coefficient (Wildman–Crippen LogP) is 1.95. The number of pyridine rings is 2. The van der Waals surface area contributed by atoms with Crippen LogP contribution >= 0.6 is 11.3 Å². The maximum atomic E-state index is 12.2. The minimum Gasteiger partial charge on any atom is -0.364 e. The first kappa shape index (κ1) is 14.8. The van der Waals surface area contributed by atoms with E-state index in [0.29, 0.717) is 11.4 Å². The number of aromatic nitrogens is 3. The first-order valence-corrected chi connectivity index (χ1v) is 7.46. The van der Waals surface area contributed by atoms with Gasteiger partial charge in [-0.25, -0.2) is 9.97 Å². The summed E-state index contributed by atoms with van der Waals surface area (Å²) in [5.41, 5.74) is 6.73. The second-order valence-electron chi connectivity index (χ2n) is 4.48. The summed E-state index contributed by atoms with van der Waals surface area (Å²) >= 11 is 1.12. The molecule has 3 heterocycles. The summed E-state index contributed by atoms with van der Waals surface area (Å²) in [7, 11) is 0. The number of amides is 2. The summed E-state index contributed by atoms with van der Waals surface area (Å²) in [4.78, 5) is 35.7. The predicted molar refractivity (Wildman–Crippen MR) is 86.1 cm³/mol. The number of nitrogens with one attached hydrogen (secondary N) is 1. The maximum Gasteiger partial charge on any atom is 0.276 e. The van der Waals surface area contributed by atoms with Crippen LogP contribution in [0.25, 0.3) is 11.4 Å². The molecule has 0 aliphatic rings. The average molecular weight is 325 g/mol. The molecule has 23 heavy (non-hydrogen) atoms. The van der Waals surface area contributed by atoms with Crippen LogP contribution in [0.5, 0.6) is 0 Å². The van der Waals surface area contributed by atoms with Gasteiger partial charge in [-0.2, -0.15) is 0 Å². The number of carbonyl (C=O) groups excluding carboxylic acids is 2. The maximum absolute atomic E-state index is 12.2. The van der Waals surface area contributed by atoms with Crippen molar-refractivity contribution in [2.75, 3.05) is 5.32 Å². The van der Waals surface area contributed by atoms with Crippen LogP contribution in [0.15, 0.2) is 48.0 Å². The summed E-state index contributed by atoms with van der Waals surface area (Å²) in [5, 5.41) is 4.36. The number of nitrogens with zero attached hydrogens (tertiary/aromatic N) is 3. The molecule has 0 atom stereocenters. The summed E-state index contributed by atoms with van der Waals surface area (Å²) in [6.45, 7) is 0. The molecule has 0 saturated carbocycles. The fraction of sp³-hybridized carbons (Fsp3) is 0. The van der Waals surface area contributed by atoms with Crippen LogP contribution in [0.3, 0.4) is 0 Å². The van der Waals surface area contributed by atoms with Crippen LogP contribution in [0, 0.1) is 0 Å². The molecule has 0 unspecified atom stereocenters. The van der Waals surface area contributed by atoms with Gasteiger partial charge in [0.15, 0.2) is 5.13 Å². The molecule has 3 aromatic rings. The highest BCUT2D eigenvalue weighted by atomic mass is 32.1. The number of nitrogens with two attached hydrogens (primary N) is 1. The van der Waals surface area contributed by atoms with Gasteiger partial charge in [0, 0.05) is 11.6 Å². The van der Waals surface area contributed by atoms with Gasteiger partial charge >= 0.3 is 0 Å². The molecular formula is C15H11N5O2S. The molecule has 114 valence electrons. The van der Waals surface area contributed by atoms with Crippen molar-refractivity contribution in [3.05, 3.63) is 59.4 Å². The zero-order valence-electron chi connectivity index (χ0n) is 11.8.